The van der Waals surface area contributed by atoms with Gasteiger partial charge in [-0.2, -0.15) is 0 Å². The molecule has 1 fully saturated rings. The van der Waals surface area contributed by atoms with Crippen LogP contribution in [0, 0.1) is 0 Å². The van der Waals surface area contributed by atoms with Crippen LogP contribution in [0.25, 0.3) is 10.2 Å². The molecule has 0 N–H and O–H groups in total. The van der Waals surface area contributed by atoms with Gasteiger partial charge in [0.25, 0.3) is 5.56 Å². The smallest absolute Gasteiger partial charge is 0.263 e. The van der Waals surface area contributed by atoms with Gasteiger partial charge < -0.3 is 4.57 Å². The first-order chi connectivity index (χ1) is 13.3. The van der Waals surface area contributed by atoms with E-state index in [1.165, 1.54) is 36.1 Å². The van der Waals surface area contributed by atoms with E-state index in [2.05, 4.69) is 14.1 Å². The van der Waals surface area contributed by atoms with E-state index in [1.807, 2.05) is 12.5 Å². The molecule has 142 valence electrons. The first-order valence-electron chi connectivity index (χ1n) is 9.96. The Balaban J connectivity index is 1.55. The lowest BCUT2D eigenvalue weighted by molar-refractivity contribution is 0.457. The molecule has 3 aromatic heterocycles. The summed E-state index contributed by atoms with van der Waals surface area (Å²) in [6, 6.07) is 0.323. The van der Waals surface area contributed by atoms with E-state index < -0.39 is 0 Å². The summed E-state index contributed by atoms with van der Waals surface area (Å²) < 4.78 is 4.13. The van der Waals surface area contributed by atoms with Crippen molar-refractivity contribution in [2.45, 2.75) is 69.1 Å². The predicted molar refractivity (Wildman–Crippen MR) is 111 cm³/mol. The summed E-state index contributed by atoms with van der Waals surface area (Å²) in [5.41, 5.74) is 1.52. The third-order valence-corrected chi connectivity index (χ3v) is 7.94. The maximum absolute atomic E-state index is 13.6. The van der Waals surface area contributed by atoms with Crippen molar-refractivity contribution in [2.24, 2.45) is 0 Å². The lowest BCUT2D eigenvalue weighted by Gasteiger charge is -2.18. The first-order valence-corrected chi connectivity index (χ1v) is 11.8. The molecule has 0 atom stereocenters. The summed E-state index contributed by atoms with van der Waals surface area (Å²) in [5, 5.41) is 1.85. The SMILES string of the molecule is O=c1c2c3c(sc2nc(SCCn2ccnc2)n1C1CCCC1)CCCC3. The van der Waals surface area contributed by atoms with Gasteiger partial charge >= 0.3 is 0 Å². The van der Waals surface area contributed by atoms with Crippen LogP contribution in [0.15, 0.2) is 28.7 Å². The summed E-state index contributed by atoms with van der Waals surface area (Å²) in [6.07, 6.45) is 14.9. The van der Waals surface area contributed by atoms with Gasteiger partial charge in [-0.25, -0.2) is 9.97 Å². The summed E-state index contributed by atoms with van der Waals surface area (Å²) in [5.74, 6) is 0.895. The molecule has 0 amide bonds. The fraction of sp³-hybridized carbons (Fsp3) is 0.550. The maximum Gasteiger partial charge on any atom is 0.263 e. The van der Waals surface area contributed by atoms with E-state index in [9.17, 15) is 4.79 Å². The zero-order valence-corrected chi connectivity index (χ0v) is 17.0. The van der Waals surface area contributed by atoms with Crippen molar-refractivity contribution in [2.75, 3.05) is 5.75 Å². The Hall–Kier alpha value is -1.60. The number of thioether (sulfide) groups is 1. The Morgan fingerprint density at radius 1 is 1.19 bits per heavy atom. The van der Waals surface area contributed by atoms with Crippen molar-refractivity contribution in [1.29, 1.82) is 0 Å². The number of thiophene rings is 1. The molecule has 0 unspecified atom stereocenters. The van der Waals surface area contributed by atoms with E-state index >= 15 is 0 Å². The molecule has 2 aliphatic rings. The maximum atomic E-state index is 13.6. The zero-order chi connectivity index (χ0) is 18.2. The number of hydrogen-bond donors (Lipinski definition) is 0. The molecule has 1 saturated carbocycles. The molecule has 3 heterocycles. The Labute approximate surface area is 166 Å². The normalized spacial score (nSPS) is 17.6. The van der Waals surface area contributed by atoms with Crippen LogP contribution in [-0.4, -0.2) is 24.9 Å². The summed E-state index contributed by atoms with van der Waals surface area (Å²) in [7, 11) is 0. The van der Waals surface area contributed by atoms with Gasteiger partial charge in [-0.15, -0.1) is 11.3 Å². The number of rotatable bonds is 5. The fourth-order valence-electron chi connectivity index (χ4n) is 4.45. The molecule has 0 bridgehead atoms. The molecule has 5 rings (SSSR count). The van der Waals surface area contributed by atoms with Crippen LogP contribution in [0.3, 0.4) is 0 Å². The van der Waals surface area contributed by atoms with Crippen molar-refractivity contribution in [1.82, 2.24) is 19.1 Å². The van der Waals surface area contributed by atoms with Gasteiger partial charge in [-0.3, -0.25) is 9.36 Å². The van der Waals surface area contributed by atoms with E-state index in [4.69, 9.17) is 4.98 Å². The predicted octanol–water partition coefficient (Wildman–Crippen LogP) is 4.44. The number of aromatic nitrogens is 4. The number of imidazole rings is 1. The number of fused-ring (bicyclic) bond motifs is 3. The standard InChI is InChI=1S/C20H24N4OS2/c25-19-17-15-7-3-4-8-16(15)27-18(17)22-20(24(19)14-5-1-2-6-14)26-12-11-23-10-9-21-13-23/h9-10,13-14H,1-8,11-12H2. The molecular formula is C20H24N4OS2. The largest absolute Gasteiger partial charge is 0.337 e. The van der Waals surface area contributed by atoms with E-state index in [0.717, 1.165) is 53.4 Å². The number of nitrogens with zero attached hydrogens (tertiary/aromatic N) is 4. The lowest BCUT2D eigenvalue weighted by Crippen LogP contribution is -2.27. The van der Waals surface area contributed by atoms with Crippen molar-refractivity contribution in [3.05, 3.63) is 39.5 Å². The van der Waals surface area contributed by atoms with E-state index in [-0.39, 0.29) is 5.56 Å². The summed E-state index contributed by atoms with van der Waals surface area (Å²) in [6.45, 7) is 0.879. The zero-order valence-electron chi connectivity index (χ0n) is 15.4. The highest BCUT2D eigenvalue weighted by atomic mass is 32.2. The van der Waals surface area contributed by atoms with Gasteiger partial charge in [0.2, 0.25) is 0 Å². The monoisotopic (exact) mass is 400 g/mol. The molecule has 0 saturated heterocycles. The topological polar surface area (TPSA) is 52.7 Å². The number of aryl methyl sites for hydroxylation is 3. The average molecular weight is 401 g/mol. The van der Waals surface area contributed by atoms with Crippen molar-refractivity contribution in [3.63, 3.8) is 0 Å². The fourth-order valence-corrected chi connectivity index (χ4v) is 6.77. The molecule has 2 aliphatic carbocycles. The van der Waals surface area contributed by atoms with Crippen LogP contribution in [0.5, 0.6) is 0 Å². The second-order valence-electron chi connectivity index (χ2n) is 7.55. The van der Waals surface area contributed by atoms with Crippen LogP contribution < -0.4 is 5.56 Å². The average Bonchev–Trinajstić information content (AvgIpc) is 3.42. The minimum atomic E-state index is 0.219. The van der Waals surface area contributed by atoms with Crippen molar-refractivity contribution in [3.8, 4) is 0 Å². The first kappa shape index (κ1) is 17.5. The van der Waals surface area contributed by atoms with Gasteiger partial charge in [0, 0.05) is 35.6 Å². The third-order valence-electron chi connectivity index (χ3n) is 5.82. The Morgan fingerprint density at radius 2 is 2.04 bits per heavy atom. The third kappa shape index (κ3) is 3.25. The molecule has 27 heavy (non-hydrogen) atoms. The van der Waals surface area contributed by atoms with Crippen LogP contribution in [-0.2, 0) is 19.4 Å². The highest BCUT2D eigenvalue weighted by Crippen LogP contribution is 2.37. The molecule has 7 heteroatoms. The second kappa shape index (κ2) is 7.43. The van der Waals surface area contributed by atoms with Gasteiger partial charge in [0.15, 0.2) is 5.16 Å². The van der Waals surface area contributed by atoms with Gasteiger partial charge in [0.05, 0.1) is 11.7 Å². The van der Waals surface area contributed by atoms with Crippen molar-refractivity contribution >= 4 is 33.3 Å². The molecule has 0 radical (unpaired) electrons. The van der Waals surface area contributed by atoms with Gasteiger partial charge in [-0.05, 0) is 44.1 Å². The van der Waals surface area contributed by atoms with Gasteiger partial charge in [0.1, 0.15) is 4.83 Å². The minimum Gasteiger partial charge on any atom is -0.337 e. The van der Waals surface area contributed by atoms with E-state index in [0.29, 0.717) is 6.04 Å². The second-order valence-corrected chi connectivity index (χ2v) is 9.69. The highest BCUT2D eigenvalue weighted by molar-refractivity contribution is 7.99. The molecular weight excluding hydrogens is 376 g/mol. The Morgan fingerprint density at radius 3 is 2.85 bits per heavy atom. The Bertz CT molecular complexity index is 999. The molecule has 0 spiro atoms. The quantitative estimate of drug-likeness (QED) is 0.469. The van der Waals surface area contributed by atoms with Crippen LogP contribution in [0.4, 0.5) is 0 Å². The lowest BCUT2D eigenvalue weighted by atomic mass is 9.97. The molecule has 0 aromatic carbocycles. The number of hydrogen-bond acceptors (Lipinski definition) is 5. The Kier molecular flexibility index (Phi) is 4.82. The molecule has 0 aliphatic heterocycles. The molecule has 3 aromatic rings. The summed E-state index contributed by atoms with van der Waals surface area (Å²) in [4.78, 5) is 25.1. The van der Waals surface area contributed by atoms with Crippen molar-refractivity contribution < 1.29 is 0 Å². The van der Waals surface area contributed by atoms with Crippen LogP contribution in [0.1, 0.15) is 55.0 Å². The van der Waals surface area contributed by atoms with Gasteiger partial charge in [-0.1, -0.05) is 24.6 Å². The summed E-state index contributed by atoms with van der Waals surface area (Å²) >= 11 is 3.47. The minimum absolute atomic E-state index is 0.219. The van der Waals surface area contributed by atoms with Crippen LogP contribution >= 0.6 is 23.1 Å². The van der Waals surface area contributed by atoms with Crippen LogP contribution in [0.2, 0.25) is 0 Å². The molecule has 5 nitrogen and oxygen atoms in total. The van der Waals surface area contributed by atoms with E-state index in [1.54, 1.807) is 29.3 Å². The highest BCUT2D eigenvalue weighted by Gasteiger charge is 2.26.